The number of rotatable bonds is 7. The van der Waals surface area contributed by atoms with E-state index in [1.165, 1.54) is 12.1 Å². The van der Waals surface area contributed by atoms with Gasteiger partial charge in [-0.15, -0.1) is 10.2 Å². The van der Waals surface area contributed by atoms with Crippen LogP contribution < -0.4 is 0 Å². The lowest BCUT2D eigenvalue weighted by molar-refractivity contribution is -0.137. The van der Waals surface area contributed by atoms with E-state index in [4.69, 9.17) is 0 Å². The minimum absolute atomic E-state index is 0.264. The minimum Gasteiger partial charge on any atom is -0.348 e. The van der Waals surface area contributed by atoms with E-state index in [0.29, 0.717) is 5.92 Å². The van der Waals surface area contributed by atoms with Gasteiger partial charge in [0.1, 0.15) is 0 Å². The lowest BCUT2D eigenvalue weighted by Crippen LogP contribution is -2.23. The van der Waals surface area contributed by atoms with Gasteiger partial charge in [0.25, 0.3) is 0 Å². The summed E-state index contributed by atoms with van der Waals surface area (Å²) >= 11 is 1.73. The van der Waals surface area contributed by atoms with Crippen LogP contribution in [0, 0.1) is 5.41 Å². The zero-order valence-corrected chi connectivity index (χ0v) is 19.7. The van der Waals surface area contributed by atoms with Crippen molar-refractivity contribution >= 4 is 11.8 Å². The van der Waals surface area contributed by atoms with Gasteiger partial charge in [0.15, 0.2) is 11.0 Å². The molecule has 3 heterocycles. The van der Waals surface area contributed by atoms with E-state index in [0.717, 1.165) is 66.9 Å². The van der Waals surface area contributed by atoms with Crippen LogP contribution in [0.4, 0.5) is 13.2 Å². The van der Waals surface area contributed by atoms with Crippen molar-refractivity contribution in [1.29, 1.82) is 0 Å². The number of alkyl halides is 3. The van der Waals surface area contributed by atoms with E-state index in [2.05, 4.69) is 15.1 Å². The first kappa shape index (κ1) is 22.5. The predicted molar refractivity (Wildman–Crippen MR) is 123 cm³/mol. The summed E-state index contributed by atoms with van der Waals surface area (Å²) in [6.45, 7) is 3.16. The molecule has 1 saturated carbocycles. The molecule has 2 aromatic heterocycles. The molecule has 5 rings (SSSR count). The maximum atomic E-state index is 12.8. The van der Waals surface area contributed by atoms with Crippen LogP contribution >= 0.6 is 11.8 Å². The Labute approximate surface area is 196 Å². The Morgan fingerprint density at radius 1 is 1.12 bits per heavy atom. The van der Waals surface area contributed by atoms with E-state index in [-0.39, 0.29) is 5.41 Å². The molecule has 9 heteroatoms. The molecule has 0 amide bonds. The highest BCUT2D eigenvalue weighted by Gasteiger charge is 2.57. The number of hydrogen-bond donors (Lipinski definition) is 0. The predicted octanol–water partition coefficient (Wildman–Crippen LogP) is 5.20. The van der Waals surface area contributed by atoms with Crippen LogP contribution in [0.3, 0.4) is 0 Å². The van der Waals surface area contributed by atoms with Gasteiger partial charge in [0, 0.05) is 32.6 Å². The van der Waals surface area contributed by atoms with Crippen molar-refractivity contribution in [3.8, 4) is 11.5 Å². The van der Waals surface area contributed by atoms with Crippen LogP contribution in [0.15, 0.2) is 47.8 Å². The van der Waals surface area contributed by atoms with E-state index >= 15 is 0 Å². The van der Waals surface area contributed by atoms with Crippen molar-refractivity contribution in [3.63, 3.8) is 0 Å². The molecule has 5 nitrogen and oxygen atoms in total. The molecule has 0 unspecified atom stereocenters. The second kappa shape index (κ2) is 8.51. The van der Waals surface area contributed by atoms with E-state index < -0.39 is 11.7 Å². The summed E-state index contributed by atoms with van der Waals surface area (Å²) < 4.78 is 42.6. The number of aryl methyl sites for hydroxylation is 1. The average Bonchev–Trinajstić information content (AvgIpc) is 3.05. The van der Waals surface area contributed by atoms with Crippen LogP contribution in [0.25, 0.3) is 11.5 Å². The fourth-order valence-corrected chi connectivity index (χ4v) is 5.99. The van der Waals surface area contributed by atoms with Crippen LogP contribution in [0.1, 0.15) is 36.3 Å². The van der Waals surface area contributed by atoms with Gasteiger partial charge in [-0.1, -0.05) is 23.9 Å². The molecule has 3 aromatic rings. The third kappa shape index (κ3) is 4.45. The standard InChI is InChI=1S/C24H28F3N5S/c1-30-11-3-5-20(30)21-28-29-22(31(21)2)33-14-4-12-32-13-10-23(16-32)15-19(23)17-6-8-18(9-7-17)24(25,26)27/h3,5-9,11,19H,4,10,12-16H2,1-2H3/t19-,23+/m1/s1. The van der Waals surface area contributed by atoms with Crippen molar-refractivity contribution in [3.05, 3.63) is 53.7 Å². The summed E-state index contributed by atoms with van der Waals surface area (Å²) in [5.41, 5.74) is 1.80. The molecule has 1 aromatic carbocycles. The van der Waals surface area contributed by atoms with Gasteiger partial charge in [-0.05, 0) is 73.5 Å². The zero-order valence-electron chi connectivity index (χ0n) is 18.8. The summed E-state index contributed by atoms with van der Waals surface area (Å²) in [5, 5.41) is 9.64. The molecular weight excluding hydrogens is 447 g/mol. The fourth-order valence-electron chi connectivity index (χ4n) is 5.16. The Hall–Kier alpha value is -2.26. The maximum absolute atomic E-state index is 12.8. The molecule has 2 fully saturated rings. The molecule has 176 valence electrons. The molecule has 1 spiro atoms. The number of aromatic nitrogens is 4. The molecule has 33 heavy (non-hydrogen) atoms. The topological polar surface area (TPSA) is 38.9 Å². The minimum atomic E-state index is -4.27. The molecular formula is C24H28F3N5S. The normalized spacial score (nSPS) is 23.0. The van der Waals surface area contributed by atoms with Crippen LogP contribution in [0.5, 0.6) is 0 Å². The fraction of sp³-hybridized carbons (Fsp3) is 0.500. The van der Waals surface area contributed by atoms with E-state index in [9.17, 15) is 13.2 Å². The molecule has 0 radical (unpaired) electrons. The number of halogens is 3. The summed E-state index contributed by atoms with van der Waals surface area (Å²) in [6, 6.07) is 9.83. The van der Waals surface area contributed by atoms with Gasteiger partial charge in [-0.3, -0.25) is 0 Å². The van der Waals surface area contributed by atoms with Gasteiger partial charge in [0.2, 0.25) is 0 Å². The van der Waals surface area contributed by atoms with Gasteiger partial charge >= 0.3 is 6.18 Å². The summed E-state index contributed by atoms with van der Waals surface area (Å²) in [4.78, 5) is 2.51. The van der Waals surface area contributed by atoms with Gasteiger partial charge in [-0.2, -0.15) is 13.2 Å². The Balaban J connectivity index is 1.09. The lowest BCUT2D eigenvalue weighted by atomic mass is 9.97. The number of likely N-dealkylation sites (tertiary alicyclic amines) is 1. The highest BCUT2D eigenvalue weighted by molar-refractivity contribution is 7.99. The first-order chi connectivity index (χ1) is 15.8. The van der Waals surface area contributed by atoms with E-state index in [1.54, 1.807) is 23.9 Å². The largest absolute Gasteiger partial charge is 0.416 e. The van der Waals surface area contributed by atoms with Crippen LogP contribution in [-0.2, 0) is 20.3 Å². The molecule has 0 N–H and O–H groups in total. The lowest BCUT2D eigenvalue weighted by Gasteiger charge is -2.16. The van der Waals surface area contributed by atoms with Gasteiger partial charge < -0.3 is 14.0 Å². The van der Waals surface area contributed by atoms with Crippen molar-refractivity contribution in [2.75, 3.05) is 25.4 Å². The number of benzene rings is 1. The first-order valence-corrected chi connectivity index (χ1v) is 12.3. The number of hydrogen-bond acceptors (Lipinski definition) is 4. The van der Waals surface area contributed by atoms with Crippen molar-refractivity contribution in [1.82, 2.24) is 24.2 Å². The SMILES string of the molecule is Cn1cccc1-c1nnc(SCCCN2CC[C@]3(C[C@@H]3c3ccc(C(F)(F)F)cc3)C2)n1C. The quantitative estimate of drug-likeness (QED) is 0.348. The Morgan fingerprint density at radius 2 is 1.91 bits per heavy atom. The van der Waals surface area contributed by atoms with Crippen LogP contribution in [-0.4, -0.2) is 49.6 Å². The maximum Gasteiger partial charge on any atom is 0.416 e. The van der Waals surface area contributed by atoms with Crippen molar-refractivity contribution in [2.45, 2.75) is 36.5 Å². The third-order valence-electron chi connectivity index (χ3n) is 7.15. The molecule has 2 aliphatic rings. The molecule has 0 bridgehead atoms. The second-order valence-electron chi connectivity index (χ2n) is 9.34. The molecule has 1 aliphatic carbocycles. The van der Waals surface area contributed by atoms with Crippen molar-refractivity contribution < 1.29 is 13.2 Å². The summed E-state index contributed by atoms with van der Waals surface area (Å²) in [6.07, 6.45) is 1.02. The van der Waals surface area contributed by atoms with Crippen LogP contribution in [0.2, 0.25) is 0 Å². The average molecular weight is 476 g/mol. The second-order valence-corrected chi connectivity index (χ2v) is 10.4. The number of thioether (sulfide) groups is 1. The number of nitrogens with zero attached hydrogens (tertiary/aromatic N) is 5. The third-order valence-corrected chi connectivity index (χ3v) is 8.26. The molecule has 2 atom stereocenters. The van der Waals surface area contributed by atoms with Gasteiger partial charge in [-0.25, -0.2) is 0 Å². The highest BCUT2D eigenvalue weighted by atomic mass is 32.2. The summed E-state index contributed by atoms with van der Waals surface area (Å²) in [7, 11) is 4.00. The Bertz CT molecular complexity index is 1120. The molecule has 1 aliphatic heterocycles. The zero-order chi connectivity index (χ0) is 23.2. The Kier molecular flexibility index (Phi) is 5.81. The first-order valence-electron chi connectivity index (χ1n) is 11.3. The smallest absolute Gasteiger partial charge is 0.348 e. The Morgan fingerprint density at radius 3 is 2.61 bits per heavy atom. The molecule has 1 saturated heterocycles. The van der Waals surface area contributed by atoms with Gasteiger partial charge in [0.05, 0.1) is 11.3 Å². The van der Waals surface area contributed by atoms with Crippen molar-refractivity contribution in [2.24, 2.45) is 19.5 Å². The van der Waals surface area contributed by atoms with E-state index in [1.807, 2.05) is 41.6 Å². The highest BCUT2D eigenvalue weighted by Crippen LogP contribution is 2.64. The monoisotopic (exact) mass is 475 g/mol. The summed E-state index contributed by atoms with van der Waals surface area (Å²) in [5.74, 6) is 2.24.